The van der Waals surface area contributed by atoms with Crippen LogP contribution in [0.1, 0.15) is 72.9 Å². The third-order valence-electron chi connectivity index (χ3n) is 8.57. The van der Waals surface area contributed by atoms with Crippen LogP contribution in [0.2, 0.25) is 0 Å². The quantitative estimate of drug-likeness (QED) is 0.258. The molecule has 2 N–H and O–H groups in total. The summed E-state index contributed by atoms with van der Waals surface area (Å²) in [7, 11) is -3.59. The van der Waals surface area contributed by atoms with Crippen LogP contribution in [-0.4, -0.2) is 48.7 Å². The van der Waals surface area contributed by atoms with Gasteiger partial charge in [-0.15, -0.1) is 0 Å². The Kier molecular flexibility index (Phi) is 14.1. The molecule has 1 amide bonds. The third kappa shape index (κ3) is 9.50. The first-order valence-corrected chi connectivity index (χ1v) is 18.1. The number of benzene rings is 3. The molecule has 0 aromatic heterocycles. The number of aryl methyl sites for hydroxylation is 1. The number of amides is 1. The van der Waals surface area contributed by atoms with Crippen molar-refractivity contribution in [2.24, 2.45) is 5.92 Å². The molecule has 3 aromatic rings. The first-order chi connectivity index (χ1) is 20.7. The van der Waals surface area contributed by atoms with E-state index < -0.39 is 33.0 Å². The maximum atomic E-state index is 13.9. The summed E-state index contributed by atoms with van der Waals surface area (Å²) in [6.45, 7) is 1.97. The Labute approximate surface area is 278 Å². The van der Waals surface area contributed by atoms with Crippen molar-refractivity contribution in [3.05, 3.63) is 89.5 Å². The zero-order valence-corrected chi connectivity index (χ0v) is 27.8. The van der Waals surface area contributed by atoms with Crippen LogP contribution >= 0.6 is 11.8 Å². The minimum Gasteiger partial charge on any atom is -0.480 e. The van der Waals surface area contributed by atoms with E-state index >= 15 is 0 Å². The molecule has 2 unspecified atom stereocenters. The van der Waals surface area contributed by atoms with E-state index in [0.717, 1.165) is 36.0 Å². The first-order valence-electron chi connectivity index (χ1n) is 15.2. The van der Waals surface area contributed by atoms with Crippen molar-refractivity contribution in [2.45, 2.75) is 80.9 Å². The van der Waals surface area contributed by atoms with Crippen LogP contribution in [-0.2, 0) is 21.1 Å². The summed E-state index contributed by atoms with van der Waals surface area (Å²) in [5, 5.41) is 11.8. The number of sulfone groups is 1. The maximum Gasteiger partial charge on any atom is 1.00 e. The van der Waals surface area contributed by atoms with Crippen molar-refractivity contribution in [1.82, 2.24) is 5.32 Å². The van der Waals surface area contributed by atoms with Gasteiger partial charge < -0.3 is 10.4 Å². The van der Waals surface area contributed by atoms with Gasteiger partial charge in [0.05, 0.1) is 10.1 Å². The zero-order chi connectivity index (χ0) is 30.8. The second-order valence-corrected chi connectivity index (χ2v) is 14.8. The molecular formula is C35H43LiNO5S2+. The van der Waals surface area contributed by atoms with E-state index in [-0.39, 0.29) is 18.9 Å². The Balaban J connectivity index is 0.00000529. The summed E-state index contributed by atoms with van der Waals surface area (Å²) >= 11 is 1.53. The van der Waals surface area contributed by atoms with Crippen molar-refractivity contribution in [3.8, 4) is 11.1 Å². The molecule has 0 radical (unpaired) electrons. The molecule has 3 aromatic carbocycles. The van der Waals surface area contributed by atoms with E-state index in [4.69, 9.17) is 0 Å². The third-order valence-corrected chi connectivity index (χ3v) is 11.4. The number of rotatable bonds is 14. The van der Waals surface area contributed by atoms with Gasteiger partial charge in [-0.1, -0.05) is 86.7 Å². The van der Waals surface area contributed by atoms with Crippen LogP contribution in [0.25, 0.3) is 11.1 Å². The van der Waals surface area contributed by atoms with Gasteiger partial charge >= 0.3 is 24.8 Å². The number of aliphatic carboxylic acids is 1. The molecule has 9 heteroatoms. The van der Waals surface area contributed by atoms with Crippen molar-refractivity contribution in [2.75, 3.05) is 12.0 Å². The predicted molar refractivity (Wildman–Crippen MR) is 175 cm³/mol. The molecule has 4 rings (SSSR count). The van der Waals surface area contributed by atoms with Crippen LogP contribution in [0.4, 0.5) is 0 Å². The van der Waals surface area contributed by atoms with Crippen LogP contribution in [0.5, 0.6) is 0 Å². The van der Waals surface area contributed by atoms with E-state index in [9.17, 15) is 23.1 Å². The van der Waals surface area contributed by atoms with Gasteiger partial charge in [-0.3, -0.25) is 4.79 Å². The van der Waals surface area contributed by atoms with Crippen LogP contribution in [0.3, 0.4) is 0 Å². The fourth-order valence-electron chi connectivity index (χ4n) is 6.07. The normalized spacial score (nSPS) is 15.1. The standard InChI is InChI=1S/C35H43NO5S2.Li/c1-25-11-9-10-16-30(25)32-24-27(18-20-31(32)34(37)36-33(35(38)39)21-22-42-2)23-29(19-17-26-12-5-3-6-13-26)43(40,41)28-14-7-4-8-15-28;/h4,7-11,14-16,18,20,24,26,29,33H,3,5-6,12-13,17,19,21-23H2,1-2H3,(H,36,37)(H,38,39);/q;+1. The number of carbonyl (C=O) groups is 2. The molecule has 0 spiro atoms. The molecule has 1 aliphatic rings. The zero-order valence-electron chi connectivity index (χ0n) is 26.1. The Morgan fingerprint density at radius 3 is 2.27 bits per heavy atom. The fourth-order valence-corrected chi connectivity index (χ4v) is 8.32. The van der Waals surface area contributed by atoms with Crippen molar-refractivity contribution >= 4 is 33.5 Å². The molecule has 44 heavy (non-hydrogen) atoms. The molecule has 1 aliphatic carbocycles. The molecule has 6 nitrogen and oxygen atoms in total. The number of nitrogens with one attached hydrogen (secondary N) is 1. The average Bonchev–Trinajstić information content (AvgIpc) is 3.02. The smallest absolute Gasteiger partial charge is 0.480 e. The number of hydrogen-bond acceptors (Lipinski definition) is 5. The van der Waals surface area contributed by atoms with Crippen molar-refractivity contribution in [3.63, 3.8) is 0 Å². The molecule has 0 saturated heterocycles. The second-order valence-electron chi connectivity index (χ2n) is 11.6. The van der Waals surface area contributed by atoms with E-state index in [1.807, 2.05) is 55.6 Å². The van der Waals surface area contributed by atoms with E-state index in [2.05, 4.69) is 5.32 Å². The first kappa shape index (κ1) is 36.0. The van der Waals surface area contributed by atoms with Gasteiger partial charge in [0.1, 0.15) is 6.04 Å². The molecule has 0 bridgehead atoms. The van der Waals surface area contributed by atoms with Gasteiger partial charge in [-0.25, -0.2) is 13.2 Å². The van der Waals surface area contributed by atoms with Crippen molar-refractivity contribution in [1.29, 1.82) is 0 Å². The minimum absolute atomic E-state index is 0. The Morgan fingerprint density at radius 1 is 0.932 bits per heavy atom. The molecule has 2 atom stereocenters. The number of thioether (sulfide) groups is 1. The summed E-state index contributed by atoms with van der Waals surface area (Å²) in [4.78, 5) is 25.7. The van der Waals surface area contributed by atoms with E-state index in [1.165, 1.54) is 31.0 Å². The number of hydrogen-bond donors (Lipinski definition) is 2. The summed E-state index contributed by atoms with van der Waals surface area (Å²) in [5.41, 5.74) is 3.70. The van der Waals surface area contributed by atoms with Crippen LogP contribution < -0.4 is 24.2 Å². The molecule has 230 valence electrons. The Hall–Kier alpha value is -2.50. The number of carbonyl (C=O) groups excluding carboxylic acids is 1. The molecular weight excluding hydrogens is 585 g/mol. The Bertz CT molecular complexity index is 1490. The summed E-state index contributed by atoms with van der Waals surface area (Å²) in [6, 6.07) is 20.9. The maximum absolute atomic E-state index is 13.9. The van der Waals surface area contributed by atoms with Gasteiger partial charge in [-0.2, -0.15) is 11.8 Å². The molecule has 0 heterocycles. The molecule has 1 saturated carbocycles. The SMILES string of the molecule is CSCCC(NC(=O)c1ccc(CC(CCC2CCCCC2)S(=O)(=O)c2ccccc2)cc1-c1ccccc1C)C(=O)O.[Li+]. The van der Waals surface area contributed by atoms with Crippen LogP contribution in [0.15, 0.2) is 77.7 Å². The summed E-state index contributed by atoms with van der Waals surface area (Å²) in [6.07, 6.45) is 10.0. The van der Waals surface area contributed by atoms with Gasteiger partial charge in [0.25, 0.3) is 5.91 Å². The fraction of sp³-hybridized carbons (Fsp3) is 0.429. The summed E-state index contributed by atoms with van der Waals surface area (Å²) < 4.78 is 27.9. The van der Waals surface area contributed by atoms with Crippen molar-refractivity contribution < 1.29 is 42.0 Å². The number of carboxylic acid groups (broad SMARTS) is 1. The van der Waals surface area contributed by atoms with Gasteiger partial charge in [0, 0.05) is 5.56 Å². The van der Waals surface area contributed by atoms with E-state index in [0.29, 0.717) is 47.0 Å². The monoisotopic (exact) mass is 628 g/mol. The number of carboxylic acids is 1. The average molecular weight is 629 g/mol. The van der Waals surface area contributed by atoms with Gasteiger partial charge in [0.15, 0.2) is 9.84 Å². The van der Waals surface area contributed by atoms with Crippen LogP contribution in [0, 0.1) is 12.8 Å². The van der Waals surface area contributed by atoms with Gasteiger partial charge in [0.2, 0.25) is 0 Å². The molecule has 0 aliphatic heterocycles. The largest absolute Gasteiger partial charge is 1.00 e. The second kappa shape index (κ2) is 17.3. The topological polar surface area (TPSA) is 101 Å². The van der Waals surface area contributed by atoms with E-state index in [1.54, 1.807) is 30.3 Å². The minimum atomic E-state index is -3.59. The molecule has 1 fully saturated rings. The van der Waals surface area contributed by atoms with Gasteiger partial charge in [-0.05, 0) is 91.0 Å². The summed E-state index contributed by atoms with van der Waals surface area (Å²) in [5.74, 6) is -0.351. The Morgan fingerprint density at radius 2 is 1.61 bits per heavy atom. The predicted octanol–water partition coefficient (Wildman–Crippen LogP) is 4.35.